The average Bonchev–Trinajstić information content (AvgIpc) is 2.64. The van der Waals surface area contributed by atoms with E-state index in [0.29, 0.717) is 17.9 Å². The van der Waals surface area contributed by atoms with E-state index in [9.17, 15) is 4.79 Å². The van der Waals surface area contributed by atoms with E-state index in [1.165, 1.54) is 32.1 Å². The van der Waals surface area contributed by atoms with Gasteiger partial charge in [-0.25, -0.2) is 0 Å². The van der Waals surface area contributed by atoms with Crippen molar-refractivity contribution < 1.29 is 4.79 Å². The molecule has 0 spiro atoms. The van der Waals surface area contributed by atoms with Crippen LogP contribution in [0.5, 0.6) is 0 Å². The van der Waals surface area contributed by atoms with Crippen LogP contribution in [0.15, 0.2) is 0 Å². The predicted octanol–water partition coefficient (Wildman–Crippen LogP) is 3.18. The van der Waals surface area contributed by atoms with Crippen LogP contribution in [-0.4, -0.2) is 29.9 Å². The van der Waals surface area contributed by atoms with Crippen LogP contribution in [0.1, 0.15) is 65.2 Å². The molecular formula is C17H32N2O. The van der Waals surface area contributed by atoms with Crippen LogP contribution in [0.4, 0.5) is 0 Å². The molecule has 4 unspecified atom stereocenters. The van der Waals surface area contributed by atoms with Crippen molar-refractivity contribution in [2.45, 2.75) is 71.3 Å². The minimum atomic E-state index is 0.234. The first-order valence-electron chi connectivity index (χ1n) is 8.66. The molecule has 0 aromatic heterocycles. The molecule has 2 fully saturated rings. The molecule has 1 aliphatic heterocycles. The van der Waals surface area contributed by atoms with Crippen LogP contribution in [0.2, 0.25) is 0 Å². The van der Waals surface area contributed by atoms with Crippen molar-refractivity contribution in [3.8, 4) is 0 Å². The van der Waals surface area contributed by atoms with E-state index in [-0.39, 0.29) is 5.92 Å². The zero-order chi connectivity index (χ0) is 14.5. The van der Waals surface area contributed by atoms with Crippen LogP contribution < -0.4 is 5.73 Å². The zero-order valence-corrected chi connectivity index (χ0v) is 13.3. The smallest absolute Gasteiger partial charge is 0.225 e. The zero-order valence-electron chi connectivity index (χ0n) is 13.3. The SMILES string of the molecule is CCCC1CCCN(C(=O)C2CCC(N)CC2C)CC1. The highest BCUT2D eigenvalue weighted by atomic mass is 16.2. The van der Waals surface area contributed by atoms with Crippen molar-refractivity contribution in [2.75, 3.05) is 13.1 Å². The lowest BCUT2D eigenvalue weighted by Crippen LogP contribution is -2.43. The van der Waals surface area contributed by atoms with Crippen molar-refractivity contribution in [2.24, 2.45) is 23.5 Å². The van der Waals surface area contributed by atoms with Gasteiger partial charge < -0.3 is 10.6 Å². The lowest BCUT2D eigenvalue weighted by molar-refractivity contribution is -0.138. The highest BCUT2D eigenvalue weighted by Gasteiger charge is 2.34. The second-order valence-corrected chi connectivity index (χ2v) is 7.07. The maximum Gasteiger partial charge on any atom is 0.225 e. The van der Waals surface area contributed by atoms with Gasteiger partial charge in [0.25, 0.3) is 0 Å². The van der Waals surface area contributed by atoms with E-state index in [1.54, 1.807) is 0 Å². The molecule has 2 rings (SSSR count). The second kappa shape index (κ2) is 7.44. The van der Waals surface area contributed by atoms with E-state index < -0.39 is 0 Å². The number of carbonyl (C=O) groups excluding carboxylic acids is 1. The monoisotopic (exact) mass is 280 g/mol. The van der Waals surface area contributed by atoms with Gasteiger partial charge >= 0.3 is 0 Å². The molecule has 3 nitrogen and oxygen atoms in total. The third kappa shape index (κ3) is 3.97. The molecule has 2 N–H and O–H groups in total. The first kappa shape index (κ1) is 15.8. The Balaban J connectivity index is 1.89. The van der Waals surface area contributed by atoms with Gasteiger partial charge in [0.05, 0.1) is 0 Å². The van der Waals surface area contributed by atoms with Gasteiger partial charge in [-0.2, -0.15) is 0 Å². The van der Waals surface area contributed by atoms with Crippen LogP contribution in [0, 0.1) is 17.8 Å². The summed E-state index contributed by atoms with van der Waals surface area (Å²) in [6.45, 7) is 6.44. The van der Waals surface area contributed by atoms with Crippen LogP contribution in [-0.2, 0) is 4.79 Å². The Labute approximate surface area is 124 Å². The van der Waals surface area contributed by atoms with Crippen LogP contribution in [0.25, 0.3) is 0 Å². The predicted molar refractivity (Wildman–Crippen MR) is 83.3 cm³/mol. The van der Waals surface area contributed by atoms with E-state index in [1.807, 2.05) is 0 Å². The number of hydrogen-bond acceptors (Lipinski definition) is 2. The molecule has 116 valence electrons. The summed E-state index contributed by atoms with van der Waals surface area (Å²) in [6, 6.07) is 0.312. The molecule has 0 radical (unpaired) electrons. The highest BCUT2D eigenvalue weighted by molar-refractivity contribution is 5.79. The topological polar surface area (TPSA) is 46.3 Å². The molecule has 1 aliphatic carbocycles. The van der Waals surface area contributed by atoms with Gasteiger partial charge in [-0.15, -0.1) is 0 Å². The average molecular weight is 280 g/mol. The van der Waals surface area contributed by atoms with E-state index in [2.05, 4.69) is 18.7 Å². The minimum absolute atomic E-state index is 0.234. The number of carbonyl (C=O) groups is 1. The summed E-state index contributed by atoms with van der Waals surface area (Å²) in [5, 5.41) is 0. The summed E-state index contributed by atoms with van der Waals surface area (Å²) in [6.07, 6.45) is 9.35. The van der Waals surface area contributed by atoms with Crippen LogP contribution in [0.3, 0.4) is 0 Å². The molecule has 0 aromatic carbocycles. The molecular weight excluding hydrogens is 248 g/mol. The first-order valence-corrected chi connectivity index (χ1v) is 8.66. The molecule has 2 aliphatic rings. The van der Waals surface area contributed by atoms with Gasteiger partial charge in [0.1, 0.15) is 0 Å². The van der Waals surface area contributed by atoms with Crippen molar-refractivity contribution in [3.05, 3.63) is 0 Å². The molecule has 3 heteroatoms. The van der Waals surface area contributed by atoms with Gasteiger partial charge in [-0.05, 0) is 50.4 Å². The molecule has 1 saturated carbocycles. The quantitative estimate of drug-likeness (QED) is 0.863. The molecule has 1 saturated heterocycles. The summed E-state index contributed by atoms with van der Waals surface area (Å²) in [5.41, 5.74) is 6.02. The molecule has 1 heterocycles. The van der Waals surface area contributed by atoms with Crippen molar-refractivity contribution in [1.82, 2.24) is 4.90 Å². The Kier molecular flexibility index (Phi) is 5.88. The number of rotatable bonds is 3. The van der Waals surface area contributed by atoms with Crippen LogP contribution >= 0.6 is 0 Å². The van der Waals surface area contributed by atoms with Crippen molar-refractivity contribution >= 4 is 5.91 Å². The summed E-state index contributed by atoms with van der Waals surface area (Å²) in [5.74, 6) is 1.95. The maximum absolute atomic E-state index is 12.8. The lowest BCUT2D eigenvalue weighted by atomic mass is 9.77. The first-order chi connectivity index (χ1) is 9.61. The summed E-state index contributed by atoms with van der Waals surface area (Å²) < 4.78 is 0. The normalized spacial score (nSPS) is 35.6. The Hall–Kier alpha value is -0.570. The fraction of sp³-hybridized carbons (Fsp3) is 0.941. The maximum atomic E-state index is 12.8. The summed E-state index contributed by atoms with van der Waals surface area (Å²) in [7, 11) is 0. The van der Waals surface area contributed by atoms with E-state index in [4.69, 9.17) is 5.73 Å². The Morgan fingerprint density at radius 3 is 2.70 bits per heavy atom. The molecule has 0 bridgehead atoms. The highest BCUT2D eigenvalue weighted by Crippen LogP contribution is 2.32. The third-order valence-electron chi connectivity index (χ3n) is 5.38. The van der Waals surface area contributed by atoms with Gasteiger partial charge in [0.2, 0.25) is 5.91 Å². The lowest BCUT2D eigenvalue weighted by Gasteiger charge is -2.35. The van der Waals surface area contributed by atoms with Crippen molar-refractivity contribution in [3.63, 3.8) is 0 Å². The summed E-state index contributed by atoms with van der Waals surface area (Å²) >= 11 is 0. The number of amides is 1. The number of nitrogens with two attached hydrogens (primary N) is 1. The van der Waals surface area contributed by atoms with Gasteiger partial charge in [0, 0.05) is 25.0 Å². The summed E-state index contributed by atoms with van der Waals surface area (Å²) in [4.78, 5) is 14.9. The molecule has 4 atom stereocenters. The van der Waals surface area contributed by atoms with Gasteiger partial charge in [-0.1, -0.05) is 26.7 Å². The molecule has 1 amide bonds. The third-order valence-corrected chi connectivity index (χ3v) is 5.38. The Morgan fingerprint density at radius 2 is 2.00 bits per heavy atom. The fourth-order valence-electron chi connectivity index (χ4n) is 4.12. The largest absolute Gasteiger partial charge is 0.342 e. The van der Waals surface area contributed by atoms with Gasteiger partial charge in [-0.3, -0.25) is 4.79 Å². The number of hydrogen-bond donors (Lipinski definition) is 1. The standard InChI is InChI=1S/C17H32N2O/c1-3-5-14-6-4-10-19(11-9-14)17(20)16-8-7-15(18)12-13(16)2/h13-16H,3-12,18H2,1-2H3. The minimum Gasteiger partial charge on any atom is -0.342 e. The Morgan fingerprint density at radius 1 is 1.20 bits per heavy atom. The fourth-order valence-corrected chi connectivity index (χ4v) is 4.12. The Bertz CT molecular complexity index is 318. The van der Waals surface area contributed by atoms with Crippen molar-refractivity contribution in [1.29, 1.82) is 0 Å². The number of likely N-dealkylation sites (tertiary alicyclic amines) is 1. The molecule has 20 heavy (non-hydrogen) atoms. The molecule has 0 aromatic rings. The number of nitrogens with zero attached hydrogens (tertiary/aromatic N) is 1. The van der Waals surface area contributed by atoms with E-state index >= 15 is 0 Å². The van der Waals surface area contributed by atoms with E-state index in [0.717, 1.165) is 38.3 Å². The van der Waals surface area contributed by atoms with Gasteiger partial charge in [0.15, 0.2) is 0 Å². The second-order valence-electron chi connectivity index (χ2n) is 7.07.